The largest absolute Gasteiger partial charge is 0.261 e. The molecule has 0 fully saturated rings. The summed E-state index contributed by atoms with van der Waals surface area (Å²) in [7, 11) is 0. The van der Waals surface area contributed by atoms with E-state index in [9.17, 15) is 0 Å². The Morgan fingerprint density at radius 2 is 2.33 bits per heavy atom. The van der Waals surface area contributed by atoms with Crippen molar-refractivity contribution >= 4 is 5.71 Å². The van der Waals surface area contributed by atoms with Gasteiger partial charge in [-0.2, -0.15) is 0 Å². The summed E-state index contributed by atoms with van der Waals surface area (Å²) in [5, 5.41) is 0. The van der Waals surface area contributed by atoms with Crippen LogP contribution < -0.4 is 0 Å². The van der Waals surface area contributed by atoms with Crippen molar-refractivity contribution in [1.29, 1.82) is 0 Å². The monoisotopic (exact) mass is 159 g/mol. The van der Waals surface area contributed by atoms with Gasteiger partial charge in [-0.25, -0.2) is 0 Å². The Kier molecular flexibility index (Phi) is 1.94. The summed E-state index contributed by atoms with van der Waals surface area (Å²) in [6, 6.07) is 0. The van der Waals surface area contributed by atoms with Crippen LogP contribution in [0.2, 0.25) is 0 Å². The molecule has 0 amide bonds. The molecular weight excluding hydrogens is 146 g/mol. The highest BCUT2D eigenvalue weighted by Crippen LogP contribution is 2.25. The molecule has 2 rings (SSSR count). The first-order chi connectivity index (χ1) is 5.88. The molecular formula is C11H13N. The summed E-state index contributed by atoms with van der Waals surface area (Å²) in [5.74, 6) is 0.589. The van der Waals surface area contributed by atoms with E-state index < -0.39 is 0 Å². The summed E-state index contributed by atoms with van der Waals surface area (Å²) in [5.41, 5.74) is 2.64. The Balaban J connectivity index is 2.24. The molecule has 0 aromatic carbocycles. The first-order valence-corrected chi connectivity index (χ1v) is 4.45. The van der Waals surface area contributed by atoms with Crippen molar-refractivity contribution in [1.82, 2.24) is 0 Å². The number of allylic oxidation sites excluding steroid dienone is 5. The van der Waals surface area contributed by atoms with Crippen LogP contribution in [0, 0.1) is 5.92 Å². The fourth-order valence-electron chi connectivity index (χ4n) is 1.72. The number of hydrogen-bond donors (Lipinski definition) is 0. The molecule has 1 nitrogen and oxygen atoms in total. The van der Waals surface area contributed by atoms with Crippen LogP contribution in [0.25, 0.3) is 0 Å². The highest BCUT2D eigenvalue weighted by Gasteiger charge is 2.19. The van der Waals surface area contributed by atoms with Crippen molar-refractivity contribution < 1.29 is 0 Å². The maximum Gasteiger partial charge on any atom is 0.0475 e. The minimum atomic E-state index is 0.589. The van der Waals surface area contributed by atoms with Gasteiger partial charge in [0.25, 0.3) is 0 Å². The zero-order valence-corrected chi connectivity index (χ0v) is 7.33. The van der Waals surface area contributed by atoms with Crippen molar-refractivity contribution in [2.45, 2.75) is 19.8 Å². The van der Waals surface area contributed by atoms with Crippen LogP contribution in [-0.4, -0.2) is 5.71 Å². The minimum Gasteiger partial charge on any atom is -0.261 e. The van der Waals surface area contributed by atoms with Crippen LogP contribution in [0.1, 0.15) is 19.8 Å². The smallest absolute Gasteiger partial charge is 0.0475 e. The van der Waals surface area contributed by atoms with Crippen LogP contribution in [0.4, 0.5) is 0 Å². The molecule has 0 spiro atoms. The minimum absolute atomic E-state index is 0.589. The number of aliphatic imine (C=N–C) groups is 1. The molecule has 1 aliphatic carbocycles. The maximum atomic E-state index is 4.37. The number of nitrogens with zero attached hydrogens (tertiary/aromatic N) is 1. The highest BCUT2D eigenvalue weighted by atomic mass is 14.7. The number of hydrogen-bond acceptors (Lipinski definition) is 1. The molecule has 2 aliphatic rings. The van der Waals surface area contributed by atoms with Gasteiger partial charge in [-0.15, -0.1) is 0 Å². The van der Waals surface area contributed by atoms with E-state index >= 15 is 0 Å². The molecule has 0 N–H and O–H groups in total. The van der Waals surface area contributed by atoms with Crippen molar-refractivity contribution in [3.8, 4) is 0 Å². The van der Waals surface area contributed by atoms with Gasteiger partial charge in [0.2, 0.25) is 0 Å². The SMILES string of the molecule is CC1=CN=C2C=CC=CCCC12. The summed E-state index contributed by atoms with van der Waals surface area (Å²) in [4.78, 5) is 4.37. The quantitative estimate of drug-likeness (QED) is 0.515. The lowest BCUT2D eigenvalue weighted by Crippen LogP contribution is -2.10. The Morgan fingerprint density at radius 3 is 3.25 bits per heavy atom. The summed E-state index contributed by atoms with van der Waals surface area (Å²) >= 11 is 0. The van der Waals surface area contributed by atoms with E-state index in [-0.39, 0.29) is 0 Å². The topological polar surface area (TPSA) is 12.4 Å². The third-order valence-electron chi connectivity index (χ3n) is 2.46. The predicted molar refractivity (Wildman–Crippen MR) is 52.2 cm³/mol. The van der Waals surface area contributed by atoms with Gasteiger partial charge in [0.15, 0.2) is 0 Å². The van der Waals surface area contributed by atoms with Crippen molar-refractivity contribution in [3.05, 3.63) is 36.1 Å². The first kappa shape index (κ1) is 7.53. The van der Waals surface area contributed by atoms with Gasteiger partial charge >= 0.3 is 0 Å². The number of rotatable bonds is 0. The lowest BCUT2D eigenvalue weighted by atomic mass is 9.91. The van der Waals surface area contributed by atoms with Gasteiger partial charge in [0, 0.05) is 17.8 Å². The third kappa shape index (κ3) is 1.27. The second-order valence-corrected chi connectivity index (χ2v) is 3.34. The molecule has 1 heterocycles. The van der Waals surface area contributed by atoms with Crippen LogP contribution >= 0.6 is 0 Å². The molecule has 1 unspecified atom stereocenters. The summed E-state index contributed by atoms with van der Waals surface area (Å²) in [6.45, 7) is 2.17. The summed E-state index contributed by atoms with van der Waals surface area (Å²) in [6.07, 6.45) is 12.9. The Morgan fingerprint density at radius 1 is 1.42 bits per heavy atom. The molecule has 1 aliphatic heterocycles. The van der Waals surface area contributed by atoms with E-state index in [0.717, 1.165) is 0 Å². The van der Waals surface area contributed by atoms with Crippen molar-refractivity contribution in [3.63, 3.8) is 0 Å². The van der Waals surface area contributed by atoms with Gasteiger partial charge in [-0.05, 0) is 31.4 Å². The van der Waals surface area contributed by atoms with Gasteiger partial charge in [0.05, 0.1) is 0 Å². The maximum absolute atomic E-state index is 4.37. The fourth-order valence-corrected chi connectivity index (χ4v) is 1.72. The van der Waals surface area contributed by atoms with Crippen molar-refractivity contribution in [2.24, 2.45) is 10.9 Å². The van der Waals surface area contributed by atoms with Crippen molar-refractivity contribution in [2.75, 3.05) is 0 Å². The lowest BCUT2D eigenvalue weighted by Gasteiger charge is -2.12. The molecule has 0 aromatic rings. The van der Waals surface area contributed by atoms with Gasteiger partial charge in [0.1, 0.15) is 0 Å². The fraction of sp³-hybridized carbons (Fsp3) is 0.364. The average molecular weight is 159 g/mol. The van der Waals surface area contributed by atoms with Crippen LogP contribution in [-0.2, 0) is 0 Å². The van der Waals surface area contributed by atoms with E-state index in [1.165, 1.54) is 24.1 Å². The molecule has 1 heteroatoms. The summed E-state index contributed by atoms with van der Waals surface area (Å²) < 4.78 is 0. The Labute approximate surface area is 73.2 Å². The molecule has 0 saturated heterocycles. The standard InChI is InChI=1S/C11H13N/c1-9-8-12-11-7-5-3-2-4-6-10(9)11/h2-3,5,7-8,10H,4,6H2,1H3. The molecule has 0 bridgehead atoms. The Bertz CT molecular complexity index is 292. The number of fused-ring (bicyclic) bond motifs is 1. The predicted octanol–water partition coefficient (Wildman–Crippen LogP) is 2.87. The zero-order valence-electron chi connectivity index (χ0n) is 7.33. The molecule has 1 atom stereocenters. The van der Waals surface area contributed by atoms with Gasteiger partial charge in [-0.3, -0.25) is 4.99 Å². The highest BCUT2D eigenvalue weighted by molar-refractivity contribution is 6.00. The third-order valence-corrected chi connectivity index (χ3v) is 2.46. The van der Waals surface area contributed by atoms with Crippen LogP contribution in [0.15, 0.2) is 41.1 Å². The zero-order chi connectivity index (χ0) is 8.39. The van der Waals surface area contributed by atoms with Crippen LogP contribution in [0.5, 0.6) is 0 Å². The van der Waals surface area contributed by atoms with Gasteiger partial charge in [-0.1, -0.05) is 18.2 Å². The second kappa shape index (κ2) is 3.10. The lowest BCUT2D eigenvalue weighted by molar-refractivity contribution is 0.730. The van der Waals surface area contributed by atoms with E-state index in [4.69, 9.17) is 0 Å². The first-order valence-electron chi connectivity index (χ1n) is 4.45. The van der Waals surface area contributed by atoms with Crippen LogP contribution in [0.3, 0.4) is 0 Å². The molecule has 0 radical (unpaired) electrons. The molecule has 12 heavy (non-hydrogen) atoms. The molecule has 0 saturated carbocycles. The normalized spacial score (nSPS) is 27.2. The second-order valence-electron chi connectivity index (χ2n) is 3.34. The van der Waals surface area contributed by atoms with E-state index in [1.54, 1.807) is 0 Å². The van der Waals surface area contributed by atoms with Gasteiger partial charge < -0.3 is 0 Å². The average Bonchev–Trinajstić information content (AvgIpc) is 2.31. The molecule has 62 valence electrons. The Hall–Kier alpha value is -1.11. The van der Waals surface area contributed by atoms with E-state index in [1.807, 2.05) is 6.20 Å². The van der Waals surface area contributed by atoms with E-state index in [0.29, 0.717) is 5.92 Å². The van der Waals surface area contributed by atoms with E-state index in [2.05, 4.69) is 36.2 Å². The molecule has 0 aromatic heterocycles.